The summed E-state index contributed by atoms with van der Waals surface area (Å²) in [6.45, 7) is 2.03. The van der Waals surface area contributed by atoms with Crippen molar-refractivity contribution in [1.29, 1.82) is 0 Å². The van der Waals surface area contributed by atoms with Gasteiger partial charge in [-0.05, 0) is 37.9 Å². The van der Waals surface area contributed by atoms with Crippen molar-refractivity contribution in [2.75, 3.05) is 24.1 Å². The summed E-state index contributed by atoms with van der Waals surface area (Å²) in [5.41, 5.74) is 6.27. The summed E-state index contributed by atoms with van der Waals surface area (Å²) >= 11 is 0. The quantitative estimate of drug-likeness (QED) is 0.728. The third-order valence-corrected chi connectivity index (χ3v) is 3.00. The van der Waals surface area contributed by atoms with Crippen molar-refractivity contribution in [2.45, 2.75) is 19.3 Å². The molecular formula is C12H18N4O. The van der Waals surface area contributed by atoms with E-state index in [2.05, 4.69) is 15.6 Å². The van der Waals surface area contributed by atoms with E-state index in [1.54, 1.807) is 18.3 Å². The van der Waals surface area contributed by atoms with Crippen LogP contribution in [0.2, 0.25) is 0 Å². The molecule has 92 valence electrons. The lowest BCUT2D eigenvalue weighted by molar-refractivity contribution is -0.117. The minimum Gasteiger partial charge on any atom is -0.384 e. The molecule has 0 atom stereocenters. The van der Waals surface area contributed by atoms with Gasteiger partial charge in [0.25, 0.3) is 0 Å². The molecule has 17 heavy (non-hydrogen) atoms. The highest BCUT2D eigenvalue weighted by Gasteiger charge is 2.16. The van der Waals surface area contributed by atoms with Crippen LogP contribution in [0.5, 0.6) is 0 Å². The Morgan fingerprint density at radius 3 is 3.00 bits per heavy atom. The number of nitrogens with one attached hydrogen (secondary N) is 2. The highest BCUT2D eigenvalue weighted by atomic mass is 16.1. The molecule has 0 bridgehead atoms. The number of aromatic nitrogens is 1. The normalized spacial score (nSPS) is 16.7. The fraction of sp³-hybridized carbons (Fsp3) is 0.500. The molecule has 2 rings (SSSR count). The maximum absolute atomic E-state index is 11.8. The lowest BCUT2D eigenvalue weighted by atomic mass is 9.94. The van der Waals surface area contributed by atoms with E-state index >= 15 is 0 Å². The fourth-order valence-corrected chi connectivity index (χ4v) is 2.09. The minimum atomic E-state index is 0.0579. The Hall–Kier alpha value is -1.62. The van der Waals surface area contributed by atoms with Gasteiger partial charge in [-0.3, -0.25) is 4.79 Å². The molecule has 1 aromatic heterocycles. The first-order chi connectivity index (χ1) is 8.24. The summed E-state index contributed by atoms with van der Waals surface area (Å²) in [5.74, 6) is 0.975. The van der Waals surface area contributed by atoms with Crippen LogP contribution in [-0.4, -0.2) is 24.0 Å². The SMILES string of the molecule is Nc1cc(NC(=O)CC2CCNCC2)ccn1. The highest BCUT2D eigenvalue weighted by Crippen LogP contribution is 2.17. The van der Waals surface area contributed by atoms with Gasteiger partial charge in [-0.1, -0.05) is 0 Å². The molecule has 1 aliphatic heterocycles. The summed E-state index contributed by atoms with van der Waals surface area (Å²) < 4.78 is 0. The molecule has 1 aromatic rings. The largest absolute Gasteiger partial charge is 0.384 e. The third kappa shape index (κ3) is 3.71. The summed E-state index contributed by atoms with van der Waals surface area (Å²) in [6, 6.07) is 3.41. The van der Waals surface area contributed by atoms with Crippen molar-refractivity contribution in [1.82, 2.24) is 10.3 Å². The van der Waals surface area contributed by atoms with Gasteiger partial charge in [0.2, 0.25) is 5.91 Å². The maximum atomic E-state index is 11.8. The van der Waals surface area contributed by atoms with Crippen LogP contribution in [0, 0.1) is 5.92 Å². The van der Waals surface area contributed by atoms with Gasteiger partial charge in [0.1, 0.15) is 5.82 Å². The molecule has 0 unspecified atom stereocenters. The first kappa shape index (κ1) is 11.9. The summed E-state index contributed by atoms with van der Waals surface area (Å²) in [5, 5.41) is 6.14. The third-order valence-electron chi connectivity index (χ3n) is 3.00. The van der Waals surface area contributed by atoms with Crippen LogP contribution in [0.3, 0.4) is 0 Å². The van der Waals surface area contributed by atoms with Gasteiger partial charge in [0.05, 0.1) is 0 Å². The average molecular weight is 234 g/mol. The zero-order valence-electron chi connectivity index (χ0n) is 9.78. The predicted octanol–water partition coefficient (Wildman–Crippen LogP) is 0.992. The van der Waals surface area contributed by atoms with Crippen LogP contribution in [0.15, 0.2) is 18.3 Å². The van der Waals surface area contributed by atoms with Crippen molar-refractivity contribution >= 4 is 17.4 Å². The smallest absolute Gasteiger partial charge is 0.224 e. The van der Waals surface area contributed by atoms with Crippen LogP contribution >= 0.6 is 0 Å². The van der Waals surface area contributed by atoms with Crippen molar-refractivity contribution in [2.24, 2.45) is 5.92 Å². The van der Waals surface area contributed by atoms with Crippen LogP contribution in [0.25, 0.3) is 0 Å². The van der Waals surface area contributed by atoms with Crippen molar-refractivity contribution in [3.05, 3.63) is 18.3 Å². The number of carbonyl (C=O) groups is 1. The second kappa shape index (κ2) is 5.63. The number of anilines is 2. The number of rotatable bonds is 3. The number of hydrogen-bond acceptors (Lipinski definition) is 4. The number of hydrogen-bond donors (Lipinski definition) is 3. The fourth-order valence-electron chi connectivity index (χ4n) is 2.09. The van der Waals surface area contributed by atoms with E-state index in [1.807, 2.05) is 0 Å². The Kier molecular flexibility index (Phi) is 3.93. The Labute approximate surface area is 101 Å². The molecule has 1 aliphatic rings. The van der Waals surface area contributed by atoms with Gasteiger partial charge in [-0.15, -0.1) is 0 Å². The molecule has 4 N–H and O–H groups in total. The van der Waals surface area contributed by atoms with Crippen molar-refractivity contribution in [3.63, 3.8) is 0 Å². The molecule has 5 heteroatoms. The second-order valence-electron chi connectivity index (χ2n) is 4.42. The Morgan fingerprint density at radius 1 is 1.53 bits per heavy atom. The standard InChI is InChI=1S/C12H18N4O/c13-11-8-10(3-6-15-11)16-12(17)7-9-1-4-14-5-2-9/h3,6,8-9,14H,1-2,4-5,7H2,(H3,13,15,16,17). The molecule has 1 amide bonds. The summed E-state index contributed by atoms with van der Waals surface area (Å²) in [6.07, 6.45) is 4.33. The van der Waals surface area contributed by atoms with Gasteiger partial charge in [0, 0.05) is 24.4 Å². The Morgan fingerprint density at radius 2 is 2.29 bits per heavy atom. The lowest BCUT2D eigenvalue weighted by Crippen LogP contribution is -2.30. The van der Waals surface area contributed by atoms with E-state index in [1.165, 1.54) is 0 Å². The molecule has 0 spiro atoms. The van der Waals surface area contributed by atoms with E-state index in [0.717, 1.165) is 31.6 Å². The average Bonchev–Trinajstić information content (AvgIpc) is 2.30. The lowest BCUT2D eigenvalue weighted by Gasteiger charge is -2.21. The van der Waals surface area contributed by atoms with Crippen LogP contribution in [0.1, 0.15) is 19.3 Å². The van der Waals surface area contributed by atoms with Crippen molar-refractivity contribution < 1.29 is 4.79 Å². The topological polar surface area (TPSA) is 80.0 Å². The van der Waals surface area contributed by atoms with Crippen LogP contribution < -0.4 is 16.4 Å². The maximum Gasteiger partial charge on any atom is 0.224 e. The zero-order valence-corrected chi connectivity index (χ0v) is 9.78. The van der Waals surface area contributed by atoms with E-state index in [4.69, 9.17) is 5.73 Å². The molecule has 1 fully saturated rings. The number of nitrogen functional groups attached to an aromatic ring is 1. The van der Waals surface area contributed by atoms with Crippen molar-refractivity contribution in [3.8, 4) is 0 Å². The second-order valence-corrected chi connectivity index (χ2v) is 4.42. The first-order valence-corrected chi connectivity index (χ1v) is 5.96. The zero-order chi connectivity index (χ0) is 12.1. The number of pyridine rings is 1. The summed E-state index contributed by atoms with van der Waals surface area (Å²) in [4.78, 5) is 15.7. The van der Waals surface area contributed by atoms with E-state index in [-0.39, 0.29) is 5.91 Å². The number of nitrogens with zero attached hydrogens (tertiary/aromatic N) is 1. The van der Waals surface area contributed by atoms with Gasteiger partial charge < -0.3 is 16.4 Å². The van der Waals surface area contributed by atoms with E-state index < -0.39 is 0 Å². The van der Waals surface area contributed by atoms with Gasteiger partial charge in [0.15, 0.2) is 0 Å². The molecule has 5 nitrogen and oxygen atoms in total. The van der Waals surface area contributed by atoms with Gasteiger partial charge >= 0.3 is 0 Å². The molecule has 2 heterocycles. The Bertz CT molecular complexity index is 388. The molecule has 0 aromatic carbocycles. The predicted molar refractivity (Wildman–Crippen MR) is 67.5 cm³/mol. The molecule has 0 radical (unpaired) electrons. The number of carbonyl (C=O) groups excluding carboxylic acids is 1. The minimum absolute atomic E-state index is 0.0579. The molecule has 0 aliphatic carbocycles. The summed E-state index contributed by atoms with van der Waals surface area (Å²) in [7, 11) is 0. The van der Waals surface area contributed by atoms with E-state index in [0.29, 0.717) is 18.2 Å². The van der Waals surface area contributed by atoms with Crippen LogP contribution in [0.4, 0.5) is 11.5 Å². The molecule has 1 saturated heterocycles. The van der Waals surface area contributed by atoms with Gasteiger partial charge in [-0.2, -0.15) is 0 Å². The first-order valence-electron chi connectivity index (χ1n) is 5.96. The molecular weight excluding hydrogens is 216 g/mol. The monoisotopic (exact) mass is 234 g/mol. The number of amides is 1. The van der Waals surface area contributed by atoms with E-state index in [9.17, 15) is 4.79 Å². The number of nitrogens with two attached hydrogens (primary N) is 1. The van der Waals surface area contributed by atoms with Gasteiger partial charge in [-0.25, -0.2) is 4.98 Å². The van der Waals surface area contributed by atoms with Crippen LogP contribution in [-0.2, 0) is 4.79 Å². The number of piperidine rings is 1. The highest BCUT2D eigenvalue weighted by molar-refractivity contribution is 5.91. The Balaban J connectivity index is 1.84. The molecule has 0 saturated carbocycles.